The van der Waals surface area contributed by atoms with E-state index in [0.29, 0.717) is 43.2 Å². The van der Waals surface area contributed by atoms with Gasteiger partial charge in [0.25, 0.3) is 0 Å². The molecule has 0 saturated carbocycles. The van der Waals surface area contributed by atoms with Gasteiger partial charge in [0, 0.05) is 13.2 Å². The van der Waals surface area contributed by atoms with Gasteiger partial charge in [-0.1, -0.05) is 17.3 Å². The van der Waals surface area contributed by atoms with Gasteiger partial charge in [-0.3, -0.25) is 4.79 Å². The second-order valence-electron chi connectivity index (χ2n) is 5.85. The highest BCUT2D eigenvalue weighted by molar-refractivity contribution is 6.00. The second-order valence-corrected chi connectivity index (χ2v) is 5.85. The number of ether oxygens (including phenoxy) is 1. The van der Waals surface area contributed by atoms with Gasteiger partial charge in [0.05, 0.1) is 5.41 Å². The van der Waals surface area contributed by atoms with Crippen LogP contribution in [0.2, 0.25) is 0 Å². The second kappa shape index (κ2) is 6.12. The minimum atomic E-state index is -0.734. The lowest BCUT2D eigenvalue weighted by atomic mass is 9.73. The molecule has 1 fully saturated rings. The van der Waals surface area contributed by atoms with Gasteiger partial charge in [-0.2, -0.15) is 0 Å². The number of amides is 1. The zero-order valence-electron chi connectivity index (χ0n) is 13.2. The number of aryl methyl sites for hydroxylation is 2. The predicted molar refractivity (Wildman–Crippen MR) is 82.7 cm³/mol. The summed E-state index contributed by atoms with van der Waals surface area (Å²) in [5.41, 5.74) is 1.30. The molecule has 0 unspecified atom stereocenters. The summed E-state index contributed by atoms with van der Waals surface area (Å²) in [5.74, 6) is 0.112. The first-order valence-corrected chi connectivity index (χ1v) is 7.61. The first-order valence-electron chi connectivity index (χ1n) is 7.61. The van der Waals surface area contributed by atoms with E-state index in [4.69, 9.17) is 9.26 Å². The van der Waals surface area contributed by atoms with E-state index in [9.17, 15) is 9.18 Å². The molecule has 0 radical (unpaired) electrons. The van der Waals surface area contributed by atoms with Crippen LogP contribution in [-0.4, -0.2) is 24.3 Å². The molecule has 1 N–H and O–H groups in total. The third-order valence-corrected chi connectivity index (χ3v) is 4.45. The Bertz CT molecular complexity index is 684. The summed E-state index contributed by atoms with van der Waals surface area (Å²) in [4.78, 5) is 13.0. The summed E-state index contributed by atoms with van der Waals surface area (Å²) < 4.78 is 23.8. The lowest BCUT2D eigenvalue weighted by Crippen LogP contribution is -2.45. The van der Waals surface area contributed by atoms with Crippen LogP contribution in [0.15, 0.2) is 28.8 Å². The van der Waals surface area contributed by atoms with Gasteiger partial charge in [0.1, 0.15) is 17.2 Å². The van der Waals surface area contributed by atoms with E-state index in [1.54, 1.807) is 26.0 Å². The molecule has 6 heteroatoms. The van der Waals surface area contributed by atoms with Crippen molar-refractivity contribution in [1.82, 2.24) is 5.16 Å². The van der Waals surface area contributed by atoms with Crippen LogP contribution in [-0.2, 0) is 14.9 Å². The quantitative estimate of drug-likeness (QED) is 0.944. The van der Waals surface area contributed by atoms with Crippen LogP contribution in [0.1, 0.15) is 29.9 Å². The van der Waals surface area contributed by atoms with Crippen LogP contribution in [0.25, 0.3) is 0 Å². The molecule has 3 rings (SSSR count). The minimum Gasteiger partial charge on any atom is -0.381 e. The lowest BCUT2D eigenvalue weighted by Gasteiger charge is -2.36. The maximum Gasteiger partial charge on any atom is 0.235 e. The maximum absolute atomic E-state index is 13.2. The molecular weight excluding hydrogens is 299 g/mol. The smallest absolute Gasteiger partial charge is 0.235 e. The number of carbonyl (C=O) groups excluding carboxylic acids is 1. The number of nitrogens with zero attached hydrogens (tertiary/aromatic N) is 1. The molecule has 1 aliphatic heterocycles. The van der Waals surface area contributed by atoms with Crippen molar-refractivity contribution in [2.75, 3.05) is 18.5 Å². The van der Waals surface area contributed by atoms with Gasteiger partial charge in [-0.25, -0.2) is 4.39 Å². The Morgan fingerprint density at radius 3 is 2.43 bits per heavy atom. The molecule has 5 nitrogen and oxygen atoms in total. The van der Waals surface area contributed by atoms with Gasteiger partial charge < -0.3 is 14.6 Å². The first kappa shape index (κ1) is 15.7. The van der Waals surface area contributed by atoms with Gasteiger partial charge in [-0.05, 0) is 44.4 Å². The fraction of sp³-hybridized carbons (Fsp3) is 0.412. The SMILES string of the molecule is Cc1noc(C)c1NC(=O)C1(c2ccc(F)cc2)CCOCC1. The number of hydrogen-bond acceptors (Lipinski definition) is 4. The summed E-state index contributed by atoms with van der Waals surface area (Å²) in [6.45, 7) is 4.52. The largest absolute Gasteiger partial charge is 0.381 e. The molecule has 23 heavy (non-hydrogen) atoms. The molecule has 0 aliphatic carbocycles. The van der Waals surface area contributed by atoms with E-state index in [2.05, 4.69) is 10.5 Å². The van der Waals surface area contributed by atoms with Crippen molar-refractivity contribution in [3.63, 3.8) is 0 Å². The lowest BCUT2D eigenvalue weighted by molar-refractivity contribution is -0.125. The molecule has 1 aromatic carbocycles. The van der Waals surface area contributed by atoms with Crippen molar-refractivity contribution in [1.29, 1.82) is 0 Å². The molecule has 1 saturated heterocycles. The Labute approximate surface area is 133 Å². The summed E-state index contributed by atoms with van der Waals surface area (Å²) in [6, 6.07) is 6.12. The minimum absolute atomic E-state index is 0.137. The van der Waals surface area contributed by atoms with Crippen LogP contribution in [0.3, 0.4) is 0 Å². The molecule has 1 aromatic heterocycles. The Hall–Kier alpha value is -2.21. The summed E-state index contributed by atoms with van der Waals surface area (Å²) in [5, 5.41) is 6.80. The molecule has 2 heterocycles. The third-order valence-electron chi connectivity index (χ3n) is 4.45. The monoisotopic (exact) mass is 318 g/mol. The number of anilines is 1. The Morgan fingerprint density at radius 2 is 1.87 bits per heavy atom. The highest BCUT2D eigenvalue weighted by Gasteiger charge is 2.42. The van der Waals surface area contributed by atoms with Crippen molar-refractivity contribution >= 4 is 11.6 Å². The van der Waals surface area contributed by atoms with E-state index >= 15 is 0 Å². The Morgan fingerprint density at radius 1 is 1.22 bits per heavy atom. The molecule has 0 bridgehead atoms. The Kier molecular flexibility index (Phi) is 4.17. The normalized spacial score (nSPS) is 17.0. The van der Waals surface area contributed by atoms with Crippen LogP contribution in [0, 0.1) is 19.7 Å². The molecule has 1 aliphatic rings. The summed E-state index contributed by atoms with van der Waals surface area (Å²) in [6.07, 6.45) is 1.10. The number of aromatic nitrogens is 1. The third kappa shape index (κ3) is 2.86. The Balaban J connectivity index is 1.95. The molecule has 2 aromatic rings. The van der Waals surface area contributed by atoms with Crippen LogP contribution >= 0.6 is 0 Å². The maximum atomic E-state index is 13.2. The highest BCUT2D eigenvalue weighted by Crippen LogP contribution is 2.37. The highest BCUT2D eigenvalue weighted by atomic mass is 19.1. The summed E-state index contributed by atoms with van der Waals surface area (Å²) >= 11 is 0. The zero-order chi connectivity index (χ0) is 16.4. The number of halogens is 1. The van der Waals surface area contributed by atoms with Crippen molar-refractivity contribution in [3.8, 4) is 0 Å². The first-order chi connectivity index (χ1) is 11.0. The van der Waals surface area contributed by atoms with E-state index in [-0.39, 0.29) is 11.7 Å². The van der Waals surface area contributed by atoms with Crippen LogP contribution in [0.5, 0.6) is 0 Å². The van der Waals surface area contributed by atoms with Gasteiger partial charge >= 0.3 is 0 Å². The van der Waals surface area contributed by atoms with Crippen molar-refractivity contribution in [3.05, 3.63) is 47.1 Å². The van der Waals surface area contributed by atoms with E-state index in [0.717, 1.165) is 5.56 Å². The average molecular weight is 318 g/mol. The standard InChI is InChI=1S/C17H19FN2O3/c1-11-15(12(2)23-20-11)19-16(21)17(7-9-22-10-8-17)13-3-5-14(18)6-4-13/h3-6H,7-10H2,1-2H3,(H,19,21). The topological polar surface area (TPSA) is 64.4 Å². The molecule has 0 atom stereocenters. The van der Waals surface area contributed by atoms with E-state index in [1.165, 1.54) is 12.1 Å². The predicted octanol–water partition coefficient (Wildman–Crippen LogP) is 3.12. The molecule has 122 valence electrons. The van der Waals surface area contributed by atoms with Crippen LogP contribution < -0.4 is 5.32 Å². The van der Waals surface area contributed by atoms with Gasteiger partial charge in [0.15, 0.2) is 5.76 Å². The number of rotatable bonds is 3. The van der Waals surface area contributed by atoms with E-state index < -0.39 is 5.41 Å². The fourth-order valence-electron chi connectivity index (χ4n) is 3.03. The van der Waals surface area contributed by atoms with Crippen molar-refractivity contribution in [2.24, 2.45) is 0 Å². The number of carbonyl (C=O) groups is 1. The van der Waals surface area contributed by atoms with E-state index in [1.807, 2.05) is 0 Å². The zero-order valence-corrected chi connectivity index (χ0v) is 13.2. The van der Waals surface area contributed by atoms with Crippen molar-refractivity contribution < 1.29 is 18.4 Å². The van der Waals surface area contributed by atoms with Crippen molar-refractivity contribution in [2.45, 2.75) is 32.1 Å². The van der Waals surface area contributed by atoms with Gasteiger partial charge in [0.2, 0.25) is 5.91 Å². The van der Waals surface area contributed by atoms with Gasteiger partial charge in [-0.15, -0.1) is 0 Å². The molecule has 0 spiro atoms. The average Bonchev–Trinajstić information content (AvgIpc) is 2.88. The number of benzene rings is 1. The molecular formula is C17H19FN2O3. The summed E-state index contributed by atoms with van der Waals surface area (Å²) in [7, 11) is 0. The fourth-order valence-corrected chi connectivity index (χ4v) is 3.03. The van der Waals surface area contributed by atoms with Crippen LogP contribution in [0.4, 0.5) is 10.1 Å². The number of nitrogens with one attached hydrogen (secondary N) is 1. The number of hydrogen-bond donors (Lipinski definition) is 1. The molecule has 1 amide bonds.